The van der Waals surface area contributed by atoms with Crippen molar-refractivity contribution in [2.45, 2.75) is 290 Å². The van der Waals surface area contributed by atoms with Gasteiger partial charge in [0.2, 0.25) is 0 Å². The first kappa shape index (κ1) is 68.3. The Kier molecular flexibility index (Phi) is 56.8. The second kappa shape index (κ2) is 59.9. The molecule has 6 nitrogen and oxygen atoms in total. The van der Waals surface area contributed by atoms with Gasteiger partial charge in [0, 0.05) is 19.3 Å². The molecule has 412 valence electrons. The van der Waals surface area contributed by atoms with Gasteiger partial charge in [-0.25, -0.2) is 0 Å². The highest BCUT2D eigenvalue weighted by molar-refractivity contribution is 5.71. The average Bonchev–Trinajstić information content (AvgIpc) is 3.38. The summed E-state index contributed by atoms with van der Waals surface area (Å²) in [5.74, 6) is -0.919. The fourth-order valence-electron chi connectivity index (χ4n) is 8.37. The number of hydrogen-bond donors (Lipinski definition) is 0. The summed E-state index contributed by atoms with van der Waals surface area (Å²) in [6.45, 7) is 6.41. The highest BCUT2D eigenvalue weighted by atomic mass is 16.6. The van der Waals surface area contributed by atoms with Crippen LogP contribution in [0, 0.1) is 0 Å². The molecule has 1 atom stereocenters. The highest BCUT2D eigenvalue weighted by Gasteiger charge is 2.19. The quantitative estimate of drug-likeness (QED) is 0.0261. The zero-order valence-electron chi connectivity index (χ0n) is 47.2. The molecule has 0 heterocycles. The summed E-state index contributed by atoms with van der Waals surface area (Å²) in [5, 5.41) is 0. The number of ether oxygens (including phenoxy) is 3. The Balaban J connectivity index is 4.44. The Bertz CT molecular complexity index is 1430. The maximum Gasteiger partial charge on any atom is 0.306 e. The Hall–Kier alpha value is -3.67. The van der Waals surface area contributed by atoms with Crippen molar-refractivity contribution in [3.8, 4) is 0 Å². The molecule has 0 aromatic rings. The molecule has 0 aliphatic heterocycles. The second-order valence-corrected chi connectivity index (χ2v) is 19.9. The van der Waals surface area contributed by atoms with Crippen LogP contribution in [0.25, 0.3) is 0 Å². The maximum absolute atomic E-state index is 12.9. The first-order chi connectivity index (χ1) is 35.5. The summed E-state index contributed by atoms with van der Waals surface area (Å²) in [4.78, 5) is 38.3. The molecule has 0 saturated carbocycles. The van der Waals surface area contributed by atoms with Gasteiger partial charge in [-0.05, 0) is 96.3 Å². The Morgan fingerprint density at radius 1 is 0.292 bits per heavy atom. The number of esters is 3. The summed E-state index contributed by atoms with van der Waals surface area (Å²) in [5.41, 5.74) is 0. The molecule has 72 heavy (non-hydrogen) atoms. The van der Waals surface area contributed by atoms with E-state index in [2.05, 4.69) is 118 Å². The van der Waals surface area contributed by atoms with Crippen molar-refractivity contribution in [2.75, 3.05) is 13.2 Å². The van der Waals surface area contributed by atoms with Gasteiger partial charge in [-0.3, -0.25) is 14.4 Å². The molecule has 0 saturated heterocycles. The standard InChI is InChI=1S/C66H112O6/c1-4-7-10-13-16-19-22-25-28-31-33-36-38-41-44-47-50-53-56-59-65(68)71-62-63(61-70-64(67)58-55-52-49-46-43-40-37-34-30-27-24-21-18-15-12-9-6-3)72-66(69)60-57-54-51-48-45-42-39-35-32-29-26-23-20-17-14-11-8-5-2/h7,9-10,12,16,18-19,21,25,27-28,30,33,36-37,40,63H,4-6,8,11,13-15,17,20,22-24,26,29,31-32,34-35,38-39,41-62H2,1-3H3/b10-7-,12-9-,19-16-,21-18-,28-25-,30-27-,36-33-,40-37-. The van der Waals surface area contributed by atoms with E-state index in [9.17, 15) is 14.4 Å². The number of unbranched alkanes of at least 4 members (excludes halogenated alkanes) is 27. The molecular weight excluding hydrogens is 889 g/mol. The van der Waals surface area contributed by atoms with Crippen LogP contribution in [0.1, 0.15) is 284 Å². The zero-order valence-corrected chi connectivity index (χ0v) is 47.2. The third kappa shape index (κ3) is 57.2. The van der Waals surface area contributed by atoms with Crippen LogP contribution in [0.4, 0.5) is 0 Å². The Morgan fingerprint density at radius 3 is 0.847 bits per heavy atom. The lowest BCUT2D eigenvalue weighted by atomic mass is 10.0. The number of allylic oxidation sites excluding steroid dienone is 16. The lowest BCUT2D eigenvalue weighted by Crippen LogP contribution is -2.30. The van der Waals surface area contributed by atoms with Gasteiger partial charge in [-0.15, -0.1) is 0 Å². The van der Waals surface area contributed by atoms with Gasteiger partial charge in [0.05, 0.1) is 0 Å². The third-order valence-electron chi connectivity index (χ3n) is 12.8. The van der Waals surface area contributed by atoms with Crippen LogP contribution in [0.5, 0.6) is 0 Å². The van der Waals surface area contributed by atoms with E-state index in [4.69, 9.17) is 14.2 Å². The van der Waals surface area contributed by atoms with Crippen LogP contribution in [0.15, 0.2) is 97.2 Å². The van der Waals surface area contributed by atoms with Crippen molar-refractivity contribution < 1.29 is 28.6 Å². The predicted molar refractivity (Wildman–Crippen MR) is 311 cm³/mol. The van der Waals surface area contributed by atoms with Gasteiger partial charge in [0.15, 0.2) is 6.10 Å². The van der Waals surface area contributed by atoms with Gasteiger partial charge in [-0.2, -0.15) is 0 Å². The molecule has 0 aromatic carbocycles. The summed E-state index contributed by atoms with van der Waals surface area (Å²) < 4.78 is 16.9. The topological polar surface area (TPSA) is 78.9 Å². The molecule has 0 amide bonds. The van der Waals surface area contributed by atoms with E-state index >= 15 is 0 Å². The summed E-state index contributed by atoms with van der Waals surface area (Å²) in [6.07, 6.45) is 79.7. The highest BCUT2D eigenvalue weighted by Crippen LogP contribution is 2.16. The smallest absolute Gasteiger partial charge is 0.306 e. The van der Waals surface area contributed by atoms with Crippen LogP contribution < -0.4 is 0 Å². The summed E-state index contributed by atoms with van der Waals surface area (Å²) in [6, 6.07) is 0. The third-order valence-corrected chi connectivity index (χ3v) is 12.8. The van der Waals surface area contributed by atoms with Gasteiger partial charge >= 0.3 is 17.9 Å². The average molecular weight is 1000 g/mol. The lowest BCUT2D eigenvalue weighted by molar-refractivity contribution is -0.167. The van der Waals surface area contributed by atoms with Crippen molar-refractivity contribution >= 4 is 17.9 Å². The summed E-state index contributed by atoms with van der Waals surface area (Å²) >= 11 is 0. The van der Waals surface area contributed by atoms with Crippen molar-refractivity contribution in [2.24, 2.45) is 0 Å². The van der Waals surface area contributed by atoms with Crippen LogP contribution >= 0.6 is 0 Å². The van der Waals surface area contributed by atoms with Crippen molar-refractivity contribution in [1.29, 1.82) is 0 Å². The fourth-order valence-corrected chi connectivity index (χ4v) is 8.37. The van der Waals surface area contributed by atoms with Crippen molar-refractivity contribution in [3.05, 3.63) is 97.2 Å². The molecule has 0 spiro atoms. The van der Waals surface area contributed by atoms with E-state index in [1.807, 2.05) is 0 Å². The van der Waals surface area contributed by atoms with E-state index in [1.165, 1.54) is 109 Å². The predicted octanol–water partition coefficient (Wildman–Crippen LogP) is 20.5. The number of hydrogen-bond acceptors (Lipinski definition) is 6. The van der Waals surface area contributed by atoms with Crippen LogP contribution in [0.3, 0.4) is 0 Å². The molecule has 0 aromatic heterocycles. The van der Waals surface area contributed by atoms with Crippen LogP contribution in [0.2, 0.25) is 0 Å². The normalized spacial score (nSPS) is 12.8. The molecule has 6 heteroatoms. The minimum Gasteiger partial charge on any atom is -0.462 e. The lowest BCUT2D eigenvalue weighted by Gasteiger charge is -2.18. The first-order valence-electron chi connectivity index (χ1n) is 30.2. The molecule has 0 N–H and O–H groups in total. The maximum atomic E-state index is 12.9. The molecule has 0 rings (SSSR count). The molecule has 0 fully saturated rings. The monoisotopic (exact) mass is 1000 g/mol. The minimum absolute atomic E-state index is 0.0917. The zero-order chi connectivity index (χ0) is 52.2. The van der Waals surface area contributed by atoms with Gasteiger partial charge in [0.25, 0.3) is 0 Å². The van der Waals surface area contributed by atoms with Gasteiger partial charge in [-0.1, -0.05) is 266 Å². The number of rotatable bonds is 54. The van der Waals surface area contributed by atoms with E-state index in [1.54, 1.807) is 0 Å². The SMILES string of the molecule is CC/C=C\C/C=C\C/C=C\C/C=C\CCCCCCCCC(=O)OCC(COC(=O)CCCCCC/C=C\C/C=C\C/C=C\C/C=C\CC)OC(=O)CCCCCCCCCCCCCCCCCCCC. The van der Waals surface area contributed by atoms with E-state index in [0.717, 1.165) is 135 Å². The minimum atomic E-state index is -0.794. The molecule has 0 aliphatic carbocycles. The molecule has 0 bridgehead atoms. The number of carbonyl (C=O) groups is 3. The molecule has 1 unspecified atom stereocenters. The Labute approximate surface area is 445 Å². The van der Waals surface area contributed by atoms with E-state index in [0.29, 0.717) is 19.3 Å². The van der Waals surface area contributed by atoms with Crippen LogP contribution in [-0.4, -0.2) is 37.2 Å². The van der Waals surface area contributed by atoms with Crippen LogP contribution in [-0.2, 0) is 28.6 Å². The molecule has 0 radical (unpaired) electrons. The largest absolute Gasteiger partial charge is 0.462 e. The Morgan fingerprint density at radius 2 is 0.542 bits per heavy atom. The molecular formula is C66H112O6. The molecule has 0 aliphatic rings. The van der Waals surface area contributed by atoms with Crippen molar-refractivity contribution in [3.63, 3.8) is 0 Å². The second-order valence-electron chi connectivity index (χ2n) is 19.9. The summed E-state index contributed by atoms with van der Waals surface area (Å²) in [7, 11) is 0. The van der Waals surface area contributed by atoms with E-state index in [-0.39, 0.29) is 31.1 Å². The van der Waals surface area contributed by atoms with E-state index < -0.39 is 6.10 Å². The first-order valence-corrected chi connectivity index (χ1v) is 30.2. The van der Waals surface area contributed by atoms with Gasteiger partial charge < -0.3 is 14.2 Å². The van der Waals surface area contributed by atoms with Gasteiger partial charge in [0.1, 0.15) is 13.2 Å². The number of carbonyl (C=O) groups excluding carboxylic acids is 3. The fraction of sp³-hybridized carbons (Fsp3) is 0.712. The van der Waals surface area contributed by atoms with Crippen molar-refractivity contribution in [1.82, 2.24) is 0 Å².